The van der Waals surface area contributed by atoms with Crippen LogP contribution in [0, 0.1) is 0 Å². The maximum atomic E-state index is 10.3. The highest BCUT2D eigenvalue weighted by Gasteiger charge is 2.14. The Bertz CT molecular complexity index is 907. The van der Waals surface area contributed by atoms with Gasteiger partial charge in [0.2, 0.25) is 0 Å². The molecular formula is C21H21NO3. The minimum Gasteiger partial charge on any atom is -0.508 e. The highest BCUT2D eigenvalue weighted by Crippen LogP contribution is 2.32. The van der Waals surface area contributed by atoms with Crippen LogP contribution in [0.25, 0.3) is 10.8 Å². The molecule has 25 heavy (non-hydrogen) atoms. The zero-order valence-corrected chi connectivity index (χ0v) is 14.2. The van der Waals surface area contributed by atoms with Crippen molar-refractivity contribution < 1.29 is 14.6 Å². The van der Waals surface area contributed by atoms with Crippen molar-refractivity contribution in [2.45, 2.75) is 13.1 Å². The van der Waals surface area contributed by atoms with Crippen LogP contribution < -0.4 is 9.47 Å². The first-order chi connectivity index (χ1) is 12.2. The normalized spacial score (nSPS) is 13.4. The predicted octanol–water partition coefficient (Wildman–Crippen LogP) is 3.95. The Kier molecular flexibility index (Phi) is 4.20. The Morgan fingerprint density at radius 1 is 0.920 bits per heavy atom. The second-order valence-corrected chi connectivity index (χ2v) is 6.43. The third-order valence-electron chi connectivity index (χ3n) is 4.50. The lowest BCUT2D eigenvalue weighted by Crippen LogP contribution is -2.19. The van der Waals surface area contributed by atoms with E-state index in [1.54, 1.807) is 6.07 Å². The van der Waals surface area contributed by atoms with Crippen molar-refractivity contribution in [1.29, 1.82) is 0 Å². The van der Waals surface area contributed by atoms with Gasteiger partial charge in [-0.1, -0.05) is 36.4 Å². The highest BCUT2D eigenvalue weighted by atomic mass is 16.6. The van der Waals surface area contributed by atoms with Crippen molar-refractivity contribution in [2.75, 3.05) is 20.3 Å². The molecule has 3 aromatic carbocycles. The van der Waals surface area contributed by atoms with Crippen LogP contribution in [0.4, 0.5) is 0 Å². The van der Waals surface area contributed by atoms with E-state index in [0.717, 1.165) is 39.9 Å². The van der Waals surface area contributed by atoms with Crippen molar-refractivity contribution in [2.24, 2.45) is 0 Å². The van der Waals surface area contributed by atoms with Gasteiger partial charge < -0.3 is 14.6 Å². The van der Waals surface area contributed by atoms with Gasteiger partial charge in [0.25, 0.3) is 0 Å². The summed E-state index contributed by atoms with van der Waals surface area (Å²) in [5.74, 6) is 1.96. The van der Waals surface area contributed by atoms with Gasteiger partial charge in [0.05, 0.1) is 0 Å². The molecule has 0 saturated carbocycles. The second-order valence-electron chi connectivity index (χ2n) is 6.43. The molecule has 0 radical (unpaired) electrons. The first-order valence-electron chi connectivity index (χ1n) is 8.47. The number of rotatable bonds is 4. The van der Waals surface area contributed by atoms with E-state index in [0.29, 0.717) is 25.5 Å². The van der Waals surface area contributed by atoms with Crippen LogP contribution in [0.3, 0.4) is 0 Å². The largest absolute Gasteiger partial charge is 0.508 e. The number of nitrogens with zero attached hydrogens (tertiary/aromatic N) is 1. The van der Waals surface area contributed by atoms with Gasteiger partial charge in [-0.05, 0) is 41.6 Å². The summed E-state index contributed by atoms with van der Waals surface area (Å²) in [6.07, 6.45) is 0. The summed E-state index contributed by atoms with van der Waals surface area (Å²) in [5, 5.41) is 12.6. The van der Waals surface area contributed by atoms with Crippen LogP contribution in [-0.2, 0) is 13.1 Å². The minimum absolute atomic E-state index is 0.340. The summed E-state index contributed by atoms with van der Waals surface area (Å²) in [7, 11) is 2.05. The van der Waals surface area contributed by atoms with E-state index in [9.17, 15) is 5.11 Å². The summed E-state index contributed by atoms with van der Waals surface area (Å²) >= 11 is 0. The van der Waals surface area contributed by atoms with E-state index in [-0.39, 0.29) is 0 Å². The zero-order chi connectivity index (χ0) is 17.2. The van der Waals surface area contributed by atoms with E-state index in [1.807, 2.05) is 30.3 Å². The van der Waals surface area contributed by atoms with Gasteiger partial charge in [-0.2, -0.15) is 0 Å². The number of phenols is 1. The number of benzene rings is 3. The van der Waals surface area contributed by atoms with Crippen LogP contribution in [0.2, 0.25) is 0 Å². The first kappa shape index (κ1) is 15.8. The topological polar surface area (TPSA) is 41.9 Å². The quantitative estimate of drug-likeness (QED) is 0.784. The molecule has 0 saturated heterocycles. The maximum Gasteiger partial charge on any atom is 0.161 e. The van der Waals surface area contributed by atoms with Gasteiger partial charge >= 0.3 is 0 Å². The molecule has 0 aromatic heterocycles. The maximum absolute atomic E-state index is 10.3. The number of hydrogen-bond acceptors (Lipinski definition) is 4. The molecule has 0 amide bonds. The summed E-state index contributed by atoms with van der Waals surface area (Å²) in [6.45, 7) is 2.63. The lowest BCUT2D eigenvalue weighted by atomic mass is 10.0. The van der Waals surface area contributed by atoms with Crippen LogP contribution in [0.5, 0.6) is 17.2 Å². The Balaban J connectivity index is 1.55. The molecule has 128 valence electrons. The predicted molar refractivity (Wildman–Crippen MR) is 98.2 cm³/mol. The van der Waals surface area contributed by atoms with E-state index in [2.05, 4.69) is 30.1 Å². The first-order valence-corrected chi connectivity index (χ1v) is 8.47. The van der Waals surface area contributed by atoms with Crippen LogP contribution in [0.15, 0.2) is 54.6 Å². The molecule has 4 heteroatoms. The van der Waals surface area contributed by atoms with Crippen molar-refractivity contribution in [3.05, 3.63) is 65.7 Å². The van der Waals surface area contributed by atoms with Crippen molar-refractivity contribution in [3.8, 4) is 17.2 Å². The lowest BCUT2D eigenvalue weighted by molar-refractivity contribution is 0.171. The third-order valence-corrected chi connectivity index (χ3v) is 4.50. The standard InChI is InChI=1S/C21H21NO3/c1-22(13-15-6-9-20-21(12-15)25-11-10-24-20)14-18-17-5-3-2-4-16(17)7-8-19(18)23/h2-9,12,23H,10-11,13-14H2,1H3. The fourth-order valence-corrected chi connectivity index (χ4v) is 3.31. The van der Waals surface area contributed by atoms with Crippen molar-refractivity contribution in [3.63, 3.8) is 0 Å². The number of aromatic hydroxyl groups is 1. The number of hydrogen-bond donors (Lipinski definition) is 1. The molecule has 0 aliphatic carbocycles. The van der Waals surface area contributed by atoms with Gasteiger partial charge in [0.1, 0.15) is 19.0 Å². The Labute approximate surface area is 147 Å². The fraction of sp³-hybridized carbons (Fsp3) is 0.238. The monoisotopic (exact) mass is 335 g/mol. The van der Waals surface area contributed by atoms with Gasteiger partial charge in [-0.25, -0.2) is 0 Å². The van der Waals surface area contributed by atoms with Gasteiger partial charge in [-0.15, -0.1) is 0 Å². The third kappa shape index (κ3) is 3.26. The lowest BCUT2D eigenvalue weighted by Gasteiger charge is -2.22. The number of phenolic OH excluding ortho intramolecular Hbond substituents is 1. The molecule has 3 aromatic rings. The molecule has 0 spiro atoms. The fourth-order valence-electron chi connectivity index (χ4n) is 3.31. The van der Waals surface area contributed by atoms with E-state index in [4.69, 9.17) is 9.47 Å². The zero-order valence-electron chi connectivity index (χ0n) is 14.2. The Hall–Kier alpha value is -2.72. The van der Waals surface area contributed by atoms with E-state index in [1.165, 1.54) is 0 Å². The molecular weight excluding hydrogens is 314 g/mol. The molecule has 1 heterocycles. The molecule has 1 aliphatic heterocycles. The minimum atomic E-state index is 0.340. The van der Waals surface area contributed by atoms with Gasteiger partial charge in [0, 0.05) is 18.7 Å². The smallest absolute Gasteiger partial charge is 0.161 e. The van der Waals surface area contributed by atoms with E-state index < -0.39 is 0 Å². The second kappa shape index (κ2) is 6.65. The van der Waals surface area contributed by atoms with Crippen LogP contribution in [0.1, 0.15) is 11.1 Å². The summed E-state index contributed by atoms with van der Waals surface area (Å²) < 4.78 is 11.2. The van der Waals surface area contributed by atoms with Crippen LogP contribution in [-0.4, -0.2) is 30.3 Å². The summed E-state index contributed by atoms with van der Waals surface area (Å²) in [6, 6.07) is 17.9. The molecule has 1 N–H and O–H groups in total. The Morgan fingerprint density at radius 3 is 2.60 bits per heavy atom. The number of fused-ring (bicyclic) bond motifs is 2. The van der Waals surface area contributed by atoms with E-state index >= 15 is 0 Å². The molecule has 4 nitrogen and oxygen atoms in total. The molecule has 4 rings (SSSR count). The number of ether oxygens (including phenoxy) is 2. The molecule has 1 aliphatic rings. The van der Waals surface area contributed by atoms with Gasteiger partial charge in [0.15, 0.2) is 11.5 Å². The van der Waals surface area contributed by atoms with Gasteiger partial charge in [-0.3, -0.25) is 4.90 Å². The molecule has 0 bridgehead atoms. The van der Waals surface area contributed by atoms with Crippen LogP contribution >= 0.6 is 0 Å². The molecule has 0 atom stereocenters. The summed E-state index contributed by atoms with van der Waals surface area (Å²) in [4.78, 5) is 2.19. The van der Waals surface area contributed by atoms with Crippen molar-refractivity contribution in [1.82, 2.24) is 4.90 Å². The molecule has 0 unspecified atom stereocenters. The highest BCUT2D eigenvalue weighted by molar-refractivity contribution is 5.87. The summed E-state index contributed by atoms with van der Waals surface area (Å²) in [5.41, 5.74) is 2.12. The average Bonchev–Trinajstić information content (AvgIpc) is 2.64. The average molecular weight is 335 g/mol. The molecule has 0 fully saturated rings. The van der Waals surface area contributed by atoms with Crippen molar-refractivity contribution >= 4 is 10.8 Å². The Morgan fingerprint density at radius 2 is 1.72 bits per heavy atom. The SMILES string of the molecule is CN(Cc1ccc2c(c1)OCCO2)Cc1c(O)ccc2ccccc12.